The Morgan fingerprint density at radius 2 is 2.20 bits per heavy atom. The summed E-state index contributed by atoms with van der Waals surface area (Å²) >= 11 is 0. The molecule has 2 rings (SSSR count). The fourth-order valence-electron chi connectivity index (χ4n) is 2.18. The lowest BCUT2D eigenvalue weighted by molar-refractivity contribution is 0.574. The van der Waals surface area contributed by atoms with Crippen LogP contribution in [-0.4, -0.2) is 21.7 Å². The van der Waals surface area contributed by atoms with Crippen molar-refractivity contribution < 1.29 is 0 Å². The summed E-state index contributed by atoms with van der Waals surface area (Å²) < 4.78 is 0. The van der Waals surface area contributed by atoms with Crippen molar-refractivity contribution in [2.75, 3.05) is 6.54 Å². The van der Waals surface area contributed by atoms with Crippen molar-refractivity contribution in [3.05, 3.63) is 11.6 Å². The summed E-state index contributed by atoms with van der Waals surface area (Å²) in [6.07, 6.45) is 6.07. The number of hydrogen-bond acceptors (Lipinski definition) is 3. The number of hydrogen-bond donors (Lipinski definition) is 2. The van der Waals surface area contributed by atoms with Gasteiger partial charge in [0.15, 0.2) is 5.82 Å². The number of nitrogens with one attached hydrogen (secondary N) is 1. The molecule has 0 saturated heterocycles. The number of rotatable bonds is 4. The van der Waals surface area contributed by atoms with Crippen LogP contribution in [0.4, 0.5) is 0 Å². The fourth-order valence-corrected chi connectivity index (χ4v) is 2.18. The highest BCUT2D eigenvalue weighted by molar-refractivity contribution is 5.00. The van der Waals surface area contributed by atoms with Crippen LogP contribution in [0.25, 0.3) is 0 Å². The molecule has 3 N–H and O–H groups in total. The highest BCUT2D eigenvalue weighted by atomic mass is 15.2. The van der Waals surface area contributed by atoms with Crippen LogP contribution in [0.15, 0.2) is 0 Å². The van der Waals surface area contributed by atoms with Gasteiger partial charge in [0, 0.05) is 12.3 Å². The predicted octanol–water partition coefficient (Wildman–Crippen LogP) is 1.60. The van der Waals surface area contributed by atoms with E-state index in [1.54, 1.807) is 0 Å². The maximum absolute atomic E-state index is 5.59. The van der Waals surface area contributed by atoms with Crippen LogP contribution in [-0.2, 0) is 6.42 Å². The summed E-state index contributed by atoms with van der Waals surface area (Å²) in [5, 5.41) is 7.34. The first-order valence-electron chi connectivity index (χ1n) is 5.91. The van der Waals surface area contributed by atoms with Gasteiger partial charge in [0.25, 0.3) is 0 Å². The molecule has 0 aliphatic heterocycles. The van der Waals surface area contributed by atoms with Crippen molar-refractivity contribution >= 4 is 0 Å². The minimum atomic E-state index is 0.481. The Bertz CT molecular complexity index is 301. The zero-order chi connectivity index (χ0) is 10.7. The molecule has 1 aromatic rings. The molecule has 1 fully saturated rings. The second kappa shape index (κ2) is 4.75. The average molecular weight is 208 g/mol. The molecule has 1 aliphatic carbocycles. The Hall–Kier alpha value is -0.900. The van der Waals surface area contributed by atoms with Crippen LogP contribution in [0.2, 0.25) is 0 Å². The highest BCUT2D eigenvalue weighted by Gasteiger charge is 2.21. The quantitative estimate of drug-likeness (QED) is 0.789. The van der Waals surface area contributed by atoms with E-state index in [4.69, 9.17) is 5.73 Å². The topological polar surface area (TPSA) is 67.6 Å². The van der Waals surface area contributed by atoms with Crippen LogP contribution in [0.1, 0.15) is 50.2 Å². The van der Waals surface area contributed by atoms with Crippen molar-refractivity contribution in [3.63, 3.8) is 0 Å². The minimum Gasteiger partial charge on any atom is -0.330 e. The van der Waals surface area contributed by atoms with E-state index in [1.807, 2.05) is 0 Å². The van der Waals surface area contributed by atoms with E-state index in [9.17, 15) is 0 Å². The molecular weight excluding hydrogens is 188 g/mol. The minimum absolute atomic E-state index is 0.481. The normalized spacial score (nSPS) is 19.6. The number of H-pyrrole nitrogens is 1. The molecule has 4 heteroatoms. The molecule has 1 atom stereocenters. The van der Waals surface area contributed by atoms with Gasteiger partial charge in [-0.05, 0) is 25.3 Å². The number of aromatic nitrogens is 3. The SMILES string of the molecule is CC(CN)Cc1nc(C2CCCC2)n[nH]1. The molecule has 84 valence electrons. The van der Waals surface area contributed by atoms with Gasteiger partial charge in [-0.25, -0.2) is 4.98 Å². The van der Waals surface area contributed by atoms with Crippen LogP contribution in [0.5, 0.6) is 0 Å². The van der Waals surface area contributed by atoms with Crippen molar-refractivity contribution in [1.29, 1.82) is 0 Å². The Morgan fingerprint density at radius 1 is 1.47 bits per heavy atom. The second-order valence-electron chi connectivity index (χ2n) is 4.67. The molecule has 0 amide bonds. The standard InChI is InChI=1S/C11H20N4/c1-8(7-12)6-10-13-11(15-14-10)9-4-2-3-5-9/h8-9H,2-7,12H2,1H3,(H,13,14,15). The zero-order valence-corrected chi connectivity index (χ0v) is 9.37. The summed E-state index contributed by atoms with van der Waals surface area (Å²) in [5.74, 6) is 3.10. The number of aromatic amines is 1. The monoisotopic (exact) mass is 208 g/mol. The molecule has 4 nitrogen and oxygen atoms in total. The van der Waals surface area contributed by atoms with Gasteiger partial charge in [0.1, 0.15) is 5.82 Å². The Labute approximate surface area is 90.7 Å². The van der Waals surface area contributed by atoms with Gasteiger partial charge >= 0.3 is 0 Å². The van der Waals surface area contributed by atoms with Gasteiger partial charge in [0.05, 0.1) is 0 Å². The van der Waals surface area contributed by atoms with E-state index in [0.717, 1.165) is 18.1 Å². The average Bonchev–Trinajstić information content (AvgIpc) is 2.85. The van der Waals surface area contributed by atoms with E-state index in [2.05, 4.69) is 22.1 Å². The first-order chi connectivity index (χ1) is 7.29. The van der Waals surface area contributed by atoms with Crippen molar-refractivity contribution in [2.24, 2.45) is 11.7 Å². The lowest BCUT2D eigenvalue weighted by Crippen LogP contribution is -2.13. The van der Waals surface area contributed by atoms with Gasteiger partial charge in [-0.3, -0.25) is 5.10 Å². The molecule has 1 saturated carbocycles. The van der Waals surface area contributed by atoms with Crippen LogP contribution < -0.4 is 5.73 Å². The summed E-state index contributed by atoms with van der Waals surface area (Å²) in [5.41, 5.74) is 5.59. The summed E-state index contributed by atoms with van der Waals surface area (Å²) in [7, 11) is 0. The Balaban J connectivity index is 1.97. The fraction of sp³-hybridized carbons (Fsp3) is 0.818. The predicted molar refractivity (Wildman–Crippen MR) is 59.5 cm³/mol. The second-order valence-corrected chi connectivity index (χ2v) is 4.67. The molecule has 0 aromatic carbocycles. The van der Waals surface area contributed by atoms with E-state index < -0.39 is 0 Å². The lowest BCUT2D eigenvalue weighted by atomic mass is 10.1. The zero-order valence-electron chi connectivity index (χ0n) is 9.37. The van der Waals surface area contributed by atoms with Crippen molar-refractivity contribution in [1.82, 2.24) is 15.2 Å². The first kappa shape index (κ1) is 10.6. The molecule has 1 aliphatic rings. The molecule has 1 aromatic heterocycles. The molecule has 1 heterocycles. The Morgan fingerprint density at radius 3 is 2.87 bits per heavy atom. The van der Waals surface area contributed by atoms with Gasteiger partial charge in [-0.2, -0.15) is 5.10 Å². The van der Waals surface area contributed by atoms with E-state index in [0.29, 0.717) is 18.4 Å². The molecule has 0 bridgehead atoms. The molecular formula is C11H20N4. The van der Waals surface area contributed by atoms with Crippen molar-refractivity contribution in [2.45, 2.75) is 44.9 Å². The third-order valence-corrected chi connectivity index (χ3v) is 3.21. The van der Waals surface area contributed by atoms with Crippen LogP contribution in [0, 0.1) is 5.92 Å². The van der Waals surface area contributed by atoms with E-state index in [1.165, 1.54) is 25.7 Å². The summed E-state index contributed by atoms with van der Waals surface area (Å²) in [6.45, 7) is 2.84. The highest BCUT2D eigenvalue weighted by Crippen LogP contribution is 2.31. The smallest absolute Gasteiger partial charge is 0.153 e. The van der Waals surface area contributed by atoms with E-state index in [-0.39, 0.29) is 0 Å². The summed E-state index contributed by atoms with van der Waals surface area (Å²) in [6, 6.07) is 0. The maximum atomic E-state index is 5.59. The van der Waals surface area contributed by atoms with E-state index >= 15 is 0 Å². The molecule has 1 unspecified atom stereocenters. The number of nitrogens with zero attached hydrogens (tertiary/aromatic N) is 2. The lowest BCUT2D eigenvalue weighted by Gasteiger charge is -2.04. The van der Waals surface area contributed by atoms with Crippen molar-refractivity contribution in [3.8, 4) is 0 Å². The third kappa shape index (κ3) is 2.56. The van der Waals surface area contributed by atoms with Crippen LogP contribution >= 0.6 is 0 Å². The van der Waals surface area contributed by atoms with Gasteiger partial charge in [0.2, 0.25) is 0 Å². The number of nitrogens with two attached hydrogens (primary N) is 1. The molecule has 15 heavy (non-hydrogen) atoms. The molecule has 0 spiro atoms. The van der Waals surface area contributed by atoms with Gasteiger partial charge in [-0.1, -0.05) is 19.8 Å². The Kier molecular flexibility index (Phi) is 3.36. The first-order valence-corrected chi connectivity index (χ1v) is 5.91. The van der Waals surface area contributed by atoms with Crippen LogP contribution in [0.3, 0.4) is 0 Å². The summed E-state index contributed by atoms with van der Waals surface area (Å²) in [4.78, 5) is 4.56. The third-order valence-electron chi connectivity index (χ3n) is 3.21. The van der Waals surface area contributed by atoms with Gasteiger partial charge in [-0.15, -0.1) is 0 Å². The molecule has 0 radical (unpaired) electrons. The largest absolute Gasteiger partial charge is 0.330 e. The van der Waals surface area contributed by atoms with Gasteiger partial charge < -0.3 is 5.73 Å². The maximum Gasteiger partial charge on any atom is 0.153 e.